The van der Waals surface area contributed by atoms with Gasteiger partial charge in [0.2, 0.25) is 0 Å². The van der Waals surface area contributed by atoms with Crippen molar-refractivity contribution < 1.29 is 9.53 Å². The van der Waals surface area contributed by atoms with Crippen LogP contribution in [0.4, 0.5) is 0 Å². The van der Waals surface area contributed by atoms with E-state index in [1.807, 2.05) is 20.8 Å². The standard InChI is InChI=1S/C15H30N2O2/c1-5-16-15(4,14(18)19-6-2)10-12-17-11-8-7-9-13(17)3/h13,16H,5-12H2,1-4H3. The first-order valence-electron chi connectivity index (χ1n) is 7.69. The lowest BCUT2D eigenvalue weighted by Gasteiger charge is -2.36. The Bertz CT molecular complexity index is 283. The first-order valence-corrected chi connectivity index (χ1v) is 7.69. The Balaban J connectivity index is 2.54. The average Bonchev–Trinajstić information content (AvgIpc) is 2.38. The molecule has 1 rings (SSSR count). The predicted octanol–water partition coefficient (Wildman–Crippen LogP) is 2.18. The zero-order valence-electron chi connectivity index (χ0n) is 13.0. The Hall–Kier alpha value is -0.610. The second-order valence-corrected chi connectivity index (χ2v) is 5.71. The number of likely N-dealkylation sites (N-methyl/N-ethyl adjacent to an activating group) is 1. The third-order valence-electron chi connectivity index (χ3n) is 4.13. The summed E-state index contributed by atoms with van der Waals surface area (Å²) < 4.78 is 5.21. The normalized spacial score (nSPS) is 23.9. The Labute approximate surface area is 117 Å². The number of nitrogens with zero attached hydrogens (tertiary/aromatic N) is 1. The molecule has 0 saturated carbocycles. The first kappa shape index (κ1) is 16.4. The molecule has 1 saturated heterocycles. The lowest BCUT2D eigenvalue weighted by atomic mass is 9.95. The van der Waals surface area contributed by atoms with Gasteiger partial charge < -0.3 is 15.0 Å². The molecular formula is C15H30N2O2. The van der Waals surface area contributed by atoms with E-state index in [0.29, 0.717) is 12.6 Å². The zero-order valence-corrected chi connectivity index (χ0v) is 13.0. The Morgan fingerprint density at radius 2 is 2.16 bits per heavy atom. The van der Waals surface area contributed by atoms with Crippen molar-refractivity contribution in [3.63, 3.8) is 0 Å². The molecule has 0 aromatic carbocycles. The quantitative estimate of drug-likeness (QED) is 0.720. The van der Waals surface area contributed by atoms with Gasteiger partial charge >= 0.3 is 5.97 Å². The van der Waals surface area contributed by atoms with E-state index < -0.39 is 5.54 Å². The second kappa shape index (κ2) is 7.85. The summed E-state index contributed by atoms with van der Waals surface area (Å²) in [5.41, 5.74) is -0.554. The van der Waals surface area contributed by atoms with E-state index in [-0.39, 0.29) is 5.97 Å². The van der Waals surface area contributed by atoms with E-state index in [1.54, 1.807) is 0 Å². The second-order valence-electron chi connectivity index (χ2n) is 5.71. The fourth-order valence-electron chi connectivity index (χ4n) is 2.80. The summed E-state index contributed by atoms with van der Waals surface area (Å²) in [5.74, 6) is -0.124. The van der Waals surface area contributed by atoms with Crippen LogP contribution in [0, 0.1) is 0 Å². The number of rotatable bonds is 7. The van der Waals surface area contributed by atoms with Crippen LogP contribution in [-0.2, 0) is 9.53 Å². The molecule has 4 heteroatoms. The molecule has 0 spiro atoms. The number of hydrogen-bond acceptors (Lipinski definition) is 4. The molecule has 0 bridgehead atoms. The fourth-order valence-corrected chi connectivity index (χ4v) is 2.80. The van der Waals surface area contributed by atoms with Crippen LogP contribution in [0.25, 0.3) is 0 Å². The van der Waals surface area contributed by atoms with Crippen LogP contribution in [0.2, 0.25) is 0 Å². The number of ether oxygens (including phenoxy) is 1. The van der Waals surface area contributed by atoms with Crippen LogP contribution in [0.1, 0.15) is 53.4 Å². The summed E-state index contributed by atoms with van der Waals surface area (Å²) in [4.78, 5) is 14.6. The van der Waals surface area contributed by atoms with Crippen molar-refractivity contribution in [2.24, 2.45) is 0 Å². The number of hydrogen-bond donors (Lipinski definition) is 1. The average molecular weight is 270 g/mol. The maximum atomic E-state index is 12.1. The van der Waals surface area contributed by atoms with Crippen molar-refractivity contribution in [2.75, 3.05) is 26.2 Å². The number of piperidine rings is 1. The van der Waals surface area contributed by atoms with E-state index >= 15 is 0 Å². The molecule has 0 amide bonds. The number of carbonyl (C=O) groups is 1. The maximum Gasteiger partial charge on any atom is 0.326 e. The first-order chi connectivity index (χ1) is 9.03. The Morgan fingerprint density at radius 3 is 2.74 bits per heavy atom. The highest BCUT2D eigenvalue weighted by Crippen LogP contribution is 2.20. The minimum absolute atomic E-state index is 0.124. The highest BCUT2D eigenvalue weighted by molar-refractivity contribution is 5.80. The van der Waals surface area contributed by atoms with Gasteiger partial charge in [0.1, 0.15) is 5.54 Å². The molecule has 0 aromatic heterocycles. The van der Waals surface area contributed by atoms with Crippen molar-refractivity contribution >= 4 is 5.97 Å². The van der Waals surface area contributed by atoms with Crippen LogP contribution in [0.15, 0.2) is 0 Å². The van der Waals surface area contributed by atoms with Gasteiger partial charge in [-0.05, 0) is 53.1 Å². The molecular weight excluding hydrogens is 240 g/mol. The molecule has 19 heavy (non-hydrogen) atoms. The summed E-state index contributed by atoms with van der Waals surface area (Å²) in [5, 5.41) is 3.30. The topological polar surface area (TPSA) is 41.6 Å². The summed E-state index contributed by atoms with van der Waals surface area (Å²) >= 11 is 0. The lowest BCUT2D eigenvalue weighted by molar-refractivity contribution is -0.151. The minimum Gasteiger partial charge on any atom is -0.465 e. The van der Waals surface area contributed by atoms with E-state index in [9.17, 15) is 4.79 Å². The molecule has 2 unspecified atom stereocenters. The van der Waals surface area contributed by atoms with Gasteiger partial charge in [-0.1, -0.05) is 13.3 Å². The molecule has 0 aromatic rings. The molecule has 1 aliphatic rings. The number of carbonyl (C=O) groups excluding carboxylic acids is 1. The van der Waals surface area contributed by atoms with Gasteiger partial charge in [-0.2, -0.15) is 0 Å². The number of nitrogens with one attached hydrogen (secondary N) is 1. The summed E-state index contributed by atoms with van der Waals surface area (Å²) in [7, 11) is 0. The maximum absolute atomic E-state index is 12.1. The summed E-state index contributed by atoms with van der Waals surface area (Å²) in [6.45, 7) is 11.5. The molecule has 0 radical (unpaired) electrons. The molecule has 1 fully saturated rings. The van der Waals surface area contributed by atoms with Crippen molar-refractivity contribution in [1.82, 2.24) is 10.2 Å². The van der Waals surface area contributed by atoms with Gasteiger partial charge in [0.15, 0.2) is 0 Å². The summed E-state index contributed by atoms with van der Waals surface area (Å²) in [6.07, 6.45) is 4.70. The van der Waals surface area contributed by atoms with Crippen LogP contribution in [0.3, 0.4) is 0 Å². The predicted molar refractivity (Wildman–Crippen MR) is 78.2 cm³/mol. The van der Waals surface area contributed by atoms with Crippen molar-refractivity contribution in [3.8, 4) is 0 Å². The van der Waals surface area contributed by atoms with Gasteiger partial charge in [-0.3, -0.25) is 4.79 Å². The Kier molecular flexibility index (Phi) is 6.80. The van der Waals surface area contributed by atoms with Crippen LogP contribution >= 0.6 is 0 Å². The Morgan fingerprint density at radius 1 is 1.42 bits per heavy atom. The van der Waals surface area contributed by atoms with Gasteiger partial charge in [-0.15, -0.1) is 0 Å². The van der Waals surface area contributed by atoms with Crippen LogP contribution in [-0.4, -0.2) is 48.7 Å². The molecule has 1 aliphatic heterocycles. The molecule has 1 N–H and O–H groups in total. The van der Waals surface area contributed by atoms with Gasteiger partial charge in [-0.25, -0.2) is 0 Å². The molecule has 0 aliphatic carbocycles. The smallest absolute Gasteiger partial charge is 0.326 e. The third kappa shape index (κ3) is 4.77. The number of esters is 1. The van der Waals surface area contributed by atoms with Crippen molar-refractivity contribution in [1.29, 1.82) is 0 Å². The third-order valence-corrected chi connectivity index (χ3v) is 4.13. The lowest BCUT2D eigenvalue weighted by Crippen LogP contribution is -2.53. The fraction of sp³-hybridized carbons (Fsp3) is 0.933. The number of likely N-dealkylation sites (tertiary alicyclic amines) is 1. The molecule has 4 nitrogen and oxygen atoms in total. The summed E-state index contributed by atoms with van der Waals surface area (Å²) in [6, 6.07) is 0.641. The van der Waals surface area contributed by atoms with Crippen LogP contribution in [0.5, 0.6) is 0 Å². The molecule has 2 atom stereocenters. The largest absolute Gasteiger partial charge is 0.465 e. The van der Waals surface area contributed by atoms with Crippen molar-refractivity contribution in [2.45, 2.75) is 65.0 Å². The van der Waals surface area contributed by atoms with Crippen molar-refractivity contribution in [3.05, 3.63) is 0 Å². The molecule has 1 heterocycles. The van der Waals surface area contributed by atoms with Gasteiger partial charge in [0.25, 0.3) is 0 Å². The van der Waals surface area contributed by atoms with Gasteiger partial charge in [0, 0.05) is 12.6 Å². The van der Waals surface area contributed by atoms with Gasteiger partial charge in [0.05, 0.1) is 6.61 Å². The van der Waals surface area contributed by atoms with E-state index in [2.05, 4.69) is 17.1 Å². The monoisotopic (exact) mass is 270 g/mol. The van der Waals surface area contributed by atoms with E-state index in [4.69, 9.17) is 4.74 Å². The molecule has 112 valence electrons. The SMILES string of the molecule is CCNC(C)(CCN1CCCCC1C)C(=O)OCC. The van der Waals surface area contributed by atoms with E-state index in [0.717, 1.165) is 26.1 Å². The van der Waals surface area contributed by atoms with E-state index in [1.165, 1.54) is 19.3 Å². The highest BCUT2D eigenvalue weighted by Gasteiger charge is 2.34. The minimum atomic E-state index is -0.554. The highest BCUT2D eigenvalue weighted by atomic mass is 16.5. The van der Waals surface area contributed by atoms with Crippen LogP contribution < -0.4 is 5.32 Å². The zero-order chi connectivity index (χ0) is 14.3.